The van der Waals surface area contributed by atoms with Gasteiger partial charge in [-0.15, -0.1) is 6.58 Å². The van der Waals surface area contributed by atoms with Gasteiger partial charge in [0.2, 0.25) is 5.91 Å². The molecular formula is C22H22N4O2. The number of carbonyl (C=O) groups is 1. The number of imidazole rings is 1. The summed E-state index contributed by atoms with van der Waals surface area (Å²) >= 11 is 0. The van der Waals surface area contributed by atoms with E-state index in [0.29, 0.717) is 31.5 Å². The lowest BCUT2D eigenvalue weighted by Gasteiger charge is -2.21. The SMILES string of the molecule is C=CCN(Cc1cccc(C#N)c1)C(=O)CCCc1ccc2[nH]c(=O)[nH]c2c1. The van der Waals surface area contributed by atoms with Crippen molar-refractivity contribution in [3.63, 3.8) is 0 Å². The Balaban J connectivity index is 1.59. The second-order valence-corrected chi connectivity index (χ2v) is 6.69. The zero-order chi connectivity index (χ0) is 19.9. The smallest absolute Gasteiger partial charge is 0.323 e. The number of nitrogens with zero attached hydrogens (tertiary/aromatic N) is 2. The number of aryl methyl sites for hydroxylation is 1. The highest BCUT2D eigenvalue weighted by Crippen LogP contribution is 2.14. The first-order chi connectivity index (χ1) is 13.6. The van der Waals surface area contributed by atoms with Crippen LogP contribution in [0.4, 0.5) is 0 Å². The zero-order valence-corrected chi connectivity index (χ0v) is 15.6. The molecule has 0 fully saturated rings. The molecular weight excluding hydrogens is 352 g/mol. The maximum Gasteiger partial charge on any atom is 0.323 e. The summed E-state index contributed by atoms with van der Waals surface area (Å²) in [7, 11) is 0. The van der Waals surface area contributed by atoms with E-state index in [1.807, 2.05) is 30.3 Å². The van der Waals surface area contributed by atoms with Gasteiger partial charge in [-0.1, -0.05) is 24.3 Å². The molecule has 0 unspecified atom stereocenters. The highest BCUT2D eigenvalue weighted by atomic mass is 16.2. The number of aromatic amines is 2. The Kier molecular flexibility index (Phi) is 6.07. The number of aromatic nitrogens is 2. The van der Waals surface area contributed by atoms with E-state index in [0.717, 1.165) is 28.6 Å². The van der Waals surface area contributed by atoms with Crippen LogP contribution in [-0.4, -0.2) is 27.3 Å². The molecule has 28 heavy (non-hydrogen) atoms. The first-order valence-electron chi connectivity index (χ1n) is 9.17. The zero-order valence-electron chi connectivity index (χ0n) is 15.6. The van der Waals surface area contributed by atoms with E-state index >= 15 is 0 Å². The minimum atomic E-state index is -0.220. The van der Waals surface area contributed by atoms with E-state index in [1.54, 1.807) is 23.1 Å². The van der Waals surface area contributed by atoms with E-state index < -0.39 is 0 Å². The minimum Gasteiger partial charge on any atom is -0.335 e. The van der Waals surface area contributed by atoms with Gasteiger partial charge in [0.05, 0.1) is 22.7 Å². The first kappa shape index (κ1) is 19.2. The van der Waals surface area contributed by atoms with Crippen molar-refractivity contribution < 1.29 is 4.79 Å². The van der Waals surface area contributed by atoms with Gasteiger partial charge in [-0.2, -0.15) is 5.26 Å². The molecule has 6 nitrogen and oxygen atoms in total. The highest BCUT2D eigenvalue weighted by Gasteiger charge is 2.13. The average Bonchev–Trinajstić information content (AvgIpc) is 3.07. The van der Waals surface area contributed by atoms with Crippen LogP contribution in [0.15, 0.2) is 59.9 Å². The molecule has 0 spiro atoms. The number of amides is 1. The molecule has 0 aliphatic carbocycles. The van der Waals surface area contributed by atoms with Crippen LogP contribution in [0.1, 0.15) is 29.5 Å². The lowest BCUT2D eigenvalue weighted by Crippen LogP contribution is -2.30. The molecule has 0 bridgehead atoms. The van der Waals surface area contributed by atoms with Gasteiger partial charge >= 0.3 is 5.69 Å². The Bertz CT molecular complexity index is 1090. The van der Waals surface area contributed by atoms with E-state index in [9.17, 15) is 9.59 Å². The number of nitrogens with one attached hydrogen (secondary N) is 2. The average molecular weight is 374 g/mol. The molecule has 1 aromatic heterocycles. The summed E-state index contributed by atoms with van der Waals surface area (Å²) in [6, 6.07) is 15.2. The van der Waals surface area contributed by atoms with E-state index in [-0.39, 0.29) is 11.6 Å². The number of nitriles is 1. The topological polar surface area (TPSA) is 92.8 Å². The molecule has 2 aromatic carbocycles. The van der Waals surface area contributed by atoms with Gasteiger partial charge in [0.1, 0.15) is 0 Å². The summed E-state index contributed by atoms with van der Waals surface area (Å²) in [5.41, 5.74) is 3.93. The number of fused-ring (bicyclic) bond motifs is 1. The summed E-state index contributed by atoms with van der Waals surface area (Å²) in [6.07, 6.45) is 3.60. The number of hydrogen-bond acceptors (Lipinski definition) is 3. The molecule has 0 aliphatic rings. The Morgan fingerprint density at radius 3 is 2.75 bits per heavy atom. The highest BCUT2D eigenvalue weighted by molar-refractivity contribution is 5.77. The Morgan fingerprint density at radius 2 is 1.96 bits per heavy atom. The molecule has 3 aromatic rings. The number of H-pyrrole nitrogens is 2. The van der Waals surface area contributed by atoms with Gasteiger partial charge in [0.15, 0.2) is 0 Å². The molecule has 0 aliphatic heterocycles. The fourth-order valence-electron chi connectivity index (χ4n) is 3.21. The molecule has 0 saturated heterocycles. The fourth-order valence-corrected chi connectivity index (χ4v) is 3.21. The van der Waals surface area contributed by atoms with Crippen molar-refractivity contribution in [1.82, 2.24) is 14.9 Å². The van der Waals surface area contributed by atoms with Crippen molar-refractivity contribution in [3.8, 4) is 6.07 Å². The van der Waals surface area contributed by atoms with Crippen LogP contribution in [0, 0.1) is 11.3 Å². The van der Waals surface area contributed by atoms with Crippen LogP contribution >= 0.6 is 0 Å². The van der Waals surface area contributed by atoms with Crippen molar-refractivity contribution in [2.75, 3.05) is 6.54 Å². The molecule has 0 radical (unpaired) electrons. The second-order valence-electron chi connectivity index (χ2n) is 6.69. The molecule has 0 atom stereocenters. The molecule has 1 amide bonds. The molecule has 6 heteroatoms. The molecule has 142 valence electrons. The Labute approximate surface area is 163 Å². The third kappa shape index (κ3) is 4.77. The molecule has 1 heterocycles. The van der Waals surface area contributed by atoms with Crippen LogP contribution in [0.3, 0.4) is 0 Å². The van der Waals surface area contributed by atoms with Gasteiger partial charge in [-0.25, -0.2) is 4.79 Å². The largest absolute Gasteiger partial charge is 0.335 e. The van der Waals surface area contributed by atoms with Gasteiger partial charge in [0, 0.05) is 19.5 Å². The molecule has 3 rings (SSSR count). The van der Waals surface area contributed by atoms with Crippen molar-refractivity contribution in [1.29, 1.82) is 5.26 Å². The minimum absolute atomic E-state index is 0.0541. The van der Waals surface area contributed by atoms with Crippen molar-refractivity contribution >= 4 is 16.9 Å². The number of carbonyl (C=O) groups excluding carboxylic acids is 1. The number of hydrogen-bond donors (Lipinski definition) is 2. The number of rotatable bonds is 8. The summed E-state index contributed by atoms with van der Waals surface area (Å²) in [5, 5.41) is 9.03. The van der Waals surface area contributed by atoms with Crippen LogP contribution in [-0.2, 0) is 17.8 Å². The third-order valence-corrected chi connectivity index (χ3v) is 4.57. The fraction of sp³-hybridized carbons (Fsp3) is 0.227. The first-order valence-corrected chi connectivity index (χ1v) is 9.17. The molecule has 0 saturated carbocycles. The quantitative estimate of drug-likeness (QED) is 0.593. The predicted molar refractivity (Wildman–Crippen MR) is 109 cm³/mol. The maximum atomic E-state index is 12.7. The predicted octanol–water partition coefficient (Wildman–Crippen LogP) is 3.27. The van der Waals surface area contributed by atoms with Crippen molar-refractivity contribution in [2.45, 2.75) is 25.8 Å². The van der Waals surface area contributed by atoms with Crippen LogP contribution in [0.2, 0.25) is 0 Å². The summed E-state index contributed by atoms with van der Waals surface area (Å²) in [4.78, 5) is 31.2. The molecule has 2 N–H and O–H groups in total. The summed E-state index contributed by atoms with van der Waals surface area (Å²) < 4.78 is 0. The van der Waals surface area contributed by atoms with Crippen LogP contribution in [0.25, 0.3) is 11.0 Å². The Hall–Kier alpha value is -3.59. The van der Waals surface area contributed by atoms with Crippen LogP contribution < -0.4 is 5.69 Å². The van der Waals surface area contributed by atoms with Gasteiger partial charge in [0.25, 0.3) is 0 Å². The second kappa shape index (κ2) is 8.87. The van der Waals surface area contributed by atoms with Crippen LogP contribution in [0.5, 0.6) is 0 Å². The summed E-state index contributed by atoms with van der Waals surface area (Å²) in [5.74, 6) is 0.0541. The maximum absolute atomic E-state index is 12.7. The van der Waals surface area contributed by atoms with E-state index in [4.69, 9.17) is 5.26 Å². The van der Waals surface area contributed by atoms with E-state index in [2.05, 4.69) is 22.6 Å². The third-order valence-electron chi connectivity index (χ3n) is 4.57. The monoisotopic (exact) mass is 374 g/mol. The standard InChI is InChI=1S/C22H22N4O2/c1-2-11-26(15-18-7-3-6-17(12-18)14-23)21(27)8-4-5-16-9-10-19-20(13-16)25-22(28)24-19/h2-3,6-7,9-10,12-13H,1,4-5,8,11,15H2,(H2,24,25,28). The van der Waals surface area contributed by atoms with Gasteiger partial charge < -0.3 is 14.9 Å². The lowest BCUT2D eigenvalue weighted by atomic mass is 10.1. The van der Waals surface area contributed by atoms with Gasteiger partial charge in [-0.05, 0) is 48.2 Å². The normalized spacial score (nSPS) is 10.5. The number of benzene rings is 2. The lowest BCUT2D eigenvalue weighted by molar-refractivity contribution is -0.131. The van der Waals surface area contributed by atoms with Crippen molar-refractivity contribution in [3.05, 3.63) is 82.3 Å². The van der Waals surface area contributed by atoms with Gasteiger partial charge in [-0.3, -0.25) is 4.79 Å². The van der Waals surface area contributed by atoms with E-state index in [1.165, 1.54) is 0 Å². The Morgan fingerprint density at radius 1 is 1.14 bits per heavy atom. The van der Waals surface area contributed by atoms with Crippen molar-refractivity contribution in [2.24, 2.45) is 0 Å². The summed E-state index contributed by atoms with van der Waals surface area (Å²) in [6.45, 7) is 4.66.